The molecule has 14 rings (SSSR count). The fourth-order valence-corrected chi connectivity index (χ4v) is 12.0. The van der Waals surface area contributed by atoms with Crippen LogP contribution in [0.4, 0.5) is 0 Å². The van der Waals surface area contributed by atoms with Crippen LogP contribution in [0.2, 0.25) is 0 Å². The second-order valence-electron chi connectivity index (χ2n) is 16.8. The fraction of sp³-hybridized carbons (Fsp3) is 0.0169. The molecule has 4 heterocycles. The molecule has 0 saturated carbocycles. The number of fused-ring (bicyclic) bond motifs is 16. The van der Waals surface area contributed by atoms with Crippen molar-refractivity contribution >= 4 is 53.3 Å². The van der Waals surface area contributed by atoms with Crippen LogP contribution >= 0.6 is 11.3 Å². The van der Waals surface area contributed by atoms with Crippen LogP contribution in [0.3, 0.4) is 0 Å². The van der Waals surface area contributed by atoms with Gasteiger partial charge in [0.25, 0.3) is 0 Å². The molecule has 298 valence electrons. The highest BCUT2D eigenvalue weighted by molar-refractivity contribution is 7.26. The van der Waals surface area contributed by atoms with Gasteiger partial charge in [-0.2, -0.15) is 0 Å². The molecule has 0 radical (unpaired) electrons. The summed E-state index contributed by atoms with van der Waals surface area (Å²) in [6.45, 7) is 0. The Morgan fingerprint density at radius 2 is 1.09 bits per heavy atom. The smallest absolute Gasteiger partial charge is 0.159 e. The van der Waals surface area contributed by atoms with Gasteiger partial charge >= 0.3 is 0 Å². The highest BCUT2D eigenvalue weighted by atomic mass is 32.1. The van der Waals surface area contributed by atoms with Crippen LogP contribution in [0.5, 0.6) is 11.5 Å². The van der Waals surface area contributed by atoms with Crippen molar-refractivity contribution < 1.29 is 4.74 Å². The van der Waals surface area contributed by atoms with Gasteiger partial charge in [0, 0.05) is 70.6 Å². The largest absolute Gasteiger partial charge is 0.457 e. The summed E-state index contributed by atoms with van der Waals surface area (Å²) in [5, 5.41) is 5.09. The molecule has 5 heteroatoms. The number of aromatic nitrogens is 3. The first kappa shape index (κ1) is 35.5. The normalized spacial score (nSPS) is 13.2. The Morgan fingerprint density at radius 1 is 0.453 bits per heavy atom. The van der Waals surface area contributed by atoms with Gasteiger partial charge in [-0.15, -0.1) is 11.3 Å². The lowest BCUT2D eigenvalue weighted by atomic mass is 9.66. The molecule has 2 aliphatic rings. The Labute approximate surface area is 373 Å². The molecule has 1 aliphatic heterocycles. The summed E-state index contributed by atoms with van der Waals surface area (Å²) in [5.41, 5.74) is 15.0. The van der Waals surface area contributed by atoms with Gasteiger partial charge in [-0.05, 0) is 76.3 Å². The van der Waals surface area contributed by atoms with Gasteiger partial charge in [-0.25, -0.2) is 9.97 Å². The molecule has 0 unspecified atom stereocenters. The Kier molecular flexibility index (Phi) is 7.45. The number of ether oxygens (including phenoxy) is 1. The standard InChI is InChI=1S/C59H35N3OS/c1-3-15-36(16-4-1)56-45(35-60-58(61-56)37-17-5-2-6-18-37)38-27-30-46-43(33-38)44-34-39(28-31-47(44)59(46)48-21-9-12-24-51(48)63-52-25-13-10-22-49(52)59)62-50-23-11-7-19-40(50)41-29-32-54-55(57(41)62)42-20-8-14-26-53(42)64-54/h1-35H. The Bertz CT molecular complexity index is 3840. The average Bonchev–Trinajstić information content (AvgIpc) is 4.00. The Morgan fingerprint density at radius 3 is 1.88 bits per heavy atom. The van der Waals surface area contributed by atoms with Crippen LogP contribution in [0.1, 0.15) is 22.3 Å². The molecule has 1 spiro atoms. The number of rotatable bonds is 4. The quantitative estimate of drug-likeness (QED) is 0.177. The van der Waals surface area contributed by atoms with Crippen LogP contribution in [0.25, 0.3) is 92.6 Å². The molecule has 4 nitrogen and oxygen atoms in total. The second-order valence-corrected chi connectivity index (χ2v) is 17.9. The maximum absolute atomic E-state index is 6.73. The van der Waals surface area contributed by atoms with Crippen molar-refractivity contribution in [2.45, 2.75) is 5.41 Å². The maximum Gasteiger partial charge on any atom is 0.159 e. The molecule has 3 aromatic heterocycles. The lowest BCUT2D eigenvalue weighted by Gasteiger charge is -2.39. The Balaban J connectivity index is 1.07. The lowest BCUT2D eigenvalue weighted by Crippen LogP contribution is -2.32. The van der Waals surface area contributed by atoms with Crippen molar-refractivity contribution in [3.8, 4) is 62.1 Å². The van der Waals surface area contributed by atoms with Crippen molar-refractivity contribution in [1.82, 2.24) is 14.5 Å². The molecule has 64 heavy (non-hydrogen) atoms. The summed E-state index contributed by atoms with van der Waals surface area (Å²) < 4.78 is 11.8. The number of thiophene rings is 1. The SMILES string of the molecule is c1ccc(-c2ncc(-c3ccc4c(c3)-c3cc(-n5c6ccccc6c6ccc7sc8ccccc8c7c65)ccc3C43c4ccccc4Oc4ccccc43)c(-c3ccccc3)n2)cc1. The molecule has 0 saturated heterocycles. The van der Waals surface area contributed by atoms with Gasteiger partial charge in [0.05, 0.1) is 22.1 Å². The van der Waals surface area contributed by atoms with Crippen molar-refractivity contribution in [2.75, 3.05) is 0 Å². The number of hydrogen-bond donors (Lipinski definition) is 0. The van der Waals surface area contributed by atoms with Crippen LogP contribution in [-0.4, -0.2) is 14.5 Å². The summed E-state index contributed by atoms with van der Waals surface area (Å²) in [6.07, 6.45) is 2.01. The van der Waals surface area contributed by atoms with E-state index in [2.05, 4.69) is 193 Å². The molecule has 0 fully saturated rings. The minimum Gasteiger partial charge on any atom is -0.457 e. The van der Waals surface area contributed by atoms with E-state index in [-0.39, 0.29) is 0 Å². The third kappa shape index (κ3) is 4.87. The van der Waals surface area contributed by atoms with Crippen LogP contribution in [0, 0.1) is 0 Å². The van der Waals surface area contributed by atoms with Crippen molar-refractivity contribution in [3.63, 3.8) is 0 Å². The molecule has 12 aromatic rings. The van der Waals surface area contributed by atoms with Crippen LogP contribution in [-0.2, 0) is 5.41 Å². The number of benzene rings is 9. The van der Waals surface area contributed by atoms with E-state index in [9.17, 15) is 0 Å². The van der Waals surface area contributed by atoms with Gasteiger partial charge in [0.2, 0.25) is 0 Å². The van der Waals surface area contributed by atoms with Gasteiger partial charge in [-0.1, -0.05) is 158 Å². The topological polar surface area (TPSA) is 39.9 Å². The highest BCUT2D eigenvalue weighted by Gasteiger charge is 2.51. The molecule has 0 atom stereocenters. The molecule has 1 aliphatic carbocycles. The summed E-state index contributed by atoms with van der Waals surface area (Å²) in [6, 6.07) is 74.4. The van der Waals surface area contributed by atoms with Gasteiger partial charge < -0.3 is 9.30 Å². The molecule has 0 bridgehead atoms. The zero-order valence-electron chi connectivity index (χ0n) is 34.4. The van der Waals surface area contributed by atoms with E-state index >= 15 is 0 Å². The minimum atomic E-state index is -0.624. The summed E-state index contributed by atoms with van der Waals surface area (Å²) >= 11 is 1.87. The molecular formula is C59H35N3OS. The van der Waals surface area contributed by atoms with Crippen LogP contribution < -0.4 is 4.74 Å². The first-order valence-electron chi connectivity index (χ1n) is 21.7. The zero-order chi connectivity index (χ0) is 41.9. The summed E-state index contributed by atoms with van der Waals surface area (Å²) in [5.74, 6) is 2.45. The fourth-order valence-electron chi connectivity index (χ4n) is 10.9. The van der Waals surface area contributed by atoms with Crippen molar-refractivity contribution in [1.29, 1.82) is 0 Å². The molecule has 9 aromatic carbocycles. The van der Waals surface area contributed by atoms with Crippen LogP contribution in [0.15, 0.2) is 212 Å². The summed E-state index contributed by atoms with van der Waals surface area (Å²) in [4.78, 5) is 10.3. The van der Waals surface area contributed by atoms with E-state index < -0.39 is 5.41 Å². The van der Waals surface area contributed by atoms with E-state index in [4.69, 9.17) is 14.7 Å². The first-order chi connectivity index (χ1) is 31.7. The minimum absolute atomic E-state index is 0.624. The predicted octanol–water partition coefficient (Wildman–Crippen LogP) is 15.4. The number of hydrogen-bond acceptors (Lipinski definition) is 4. The van der Waals surface area contributed by atoms with Gasteiger partial charge in [0.1, 0.15) is 11.5 Å². The van der Waals surface area contributed by atoms with Gasteiger partial charge in [0.15, 0.2) is 5.82 Å². The third-order valence-corrected chi connectivity index (χ3v) is 14.7. The van der Waals surface area contributed by atoms with E-state index in [0.29, 0.717) is 5.82 Å². The maximum atomic E-state index is 6.73. The number of para-hydroxylation sites is 3. The van der Waals surface area contributed by atoms with E-state index in [1.54, 1.807) is 0 Å². The van der Waals surface area contributed by atoms with Crippen molar-refractivity contribution in [3.05, 3.63) is 235 Å². The third-order valence-electron chi connectivity index (χ3n) is 13.5. The zero-order valence-corrected chi connectivity index (χ0v) is 35.2. The number of nitrogens with zero attached hydrogens (tertiary/aromatic N) is 3. The second kappa shape index (κ2) is 13.4. The monoisotopic (exact) mass is 833 g/mol. The Hall–Kier alpha value is -8.12. The average molecular weight is 834 g/mol. The molecular weight excluding hydrogens is 799 g/mol. The van der Waals surface area contributed by atoms with E-state index in [1.807, 2.05) is 35.7 Å². The lowest BCUT2D eigenvalue weighted by molar-refractivity contribution is 0.436. The molecule has 0 N–H and O–H groups in total. The highest BCUT2D eigenvalue weighted by Crippen LogP contribution is 2.63. The first-order valence-corrected chi connectivity index (χ1v) is 22.5. The van der Waals surface area contributed by atoms with E-state index in [0.717, 1.165) is 56.3 Å². The van der Waals surface area contributed by atoms with Crippen molar-refractivity contribution in [2.24, 2.45) is 0 Å². The van der Waals surface area contributed by atoms with E-state index in [1.165, 1.54) is 64.2 Å². The predicted molar refractivity (Wildman–Crippen MR) is 263 cm³/mol. The van der Waals surface area contributed by atoms with Gasteiger partial charge in [-0.3, -0.25) is 0 Å². The summed E-state index contributed by atoms with van der Waals surface area (Å²) in [7, 11) is 0. The molecule has 0 amide bonds.